The van der Waals surface area contributed by atoms with Gasteiger partial charge in [-0.15, -0.1) is 11.3 Å². The van der Waals surface area contributed by atoms with E-state index in [0.717, 1.165) is 22.6 Å². The number of sulfonamides is 1. The smallest absolute Gasteiger partial charge is 0.241 e. The summed E-state index contributed by atoms with van der Waals surface area (Å²) in [6.07, 6.45) is 3.44. The van der Waals surface area contributed by atoms with Crippen LogP contribution in [-0.2, 0) is 16.6 Å². The highest BCUT2D eigenvalue weighted by atomic mass is 32.2. The van der Waals surface area contributed by atoms with E-state index in [-0.39, 0.29) is 5.41 Å². The quantitative estimate of drug-likeness (QED) is 0.847. The number of hydrogen-bond acceptors (Lipinski definition) is 4. The van der Waals surface area contributed by atoms with Crippen molar-refractivity contribution in [2.45, 2.75) is 44.6 Å². The van der Waals surface area contributed by atoms with Gasteiger partial charge in [0, 0.05) is 22.8 Å². The second kappa shape index (κ2) is 5.52. The Morgan fingerprint density at radius 2 is 2.11 bits per heavy atom. The fourth-order valence-electron chi connectivity index (χ4n) is 2.36. The van der Waals surface area contributed by atoms with E-state index < -0.39 is 10.0 Å². The molecule has 0 aromatic carbocycles. The second-order valence-electron chi connectivity index (χ2n) is 5.65. The van der Waals surface area contributed by atoms with Gasteiger partial charge in [-0.25, -0.2) is 13.1 Å². The predicted molar refractivity (Wildman–Crippen MR) is 79.0 cm³/mol. The van der Waals surface area contributed by atoms with Crippen molar-refractivity contribution in [2.75, 3.05) is 13.6 Å². The second-order valence-corrected chi connectivity index (χ2v) is 8.73. The van der Waals surface area contributed by atoms with Crippen molar-refractivity contribution in [1.82, 2.24) is 10.0 Å². The Kier molecular flexibility index (Phi) is 4.35. The highest BCUT2D eigenvalue weighted by molar-refractivity contribution is 7.89. The molecule has 1 aliphatic rings. The van der Waals surface area contributed by atoms with Crippen molar-refractivity contribution in [3.8, 4) is 0 Å². The first-order valence-corrected chi connectivity index (χ1v) is 8.90. The maximum absolute atomic E-state index is 12.3. The van der Waals surface area contributed by atoms with Gasteiger partial charge in [0.2, 0.25) is 10.0 Å². The van der Waals surface area contributed by atoms with Gasteiger partial charge in [0.05, 0.1) is 4.90 Å². The van der Waals surface area contributed by atoms with E-state index >= 15 is 0 Å². The van der Waals surface area contributed by atoms with Crippen LogP contribution in [0.4, 0.5) is 0 Å². The van der Waals surface area contributed by atoms with Crippen LogP contribution in [0.3, 0.4) is 0 Å². The Balaban J connectivity index is 2.10. The van der Waals surface area contributed by atoms with E-state index in [4.69, 9.17) is 0 Å². The molecule has 1 aromatic rings. The standard InChI is InChI=1S/C13H22N2O2S2/c1-10-12(7-11(18-10)8-14-3)19(16,17)15-9-13(2)5-4-6-13/h7,14-15H,4-6,8-9H2,1-3H3. The Labute approximate surface area is 119 Å². The summed E-state index contributed by atoms with van der Waals surface area (Å²) in [6.45, 7) is 5.26. The fourth-order valence-corrected chi connectivity index (χ4v) is 5.20. The third kappa shape index (κ3) is 3.37. The van der Waals surface area contributed by atoms with Gasteiger partial charge in [-0.3, -0.25) is 0 Å². The van der Waals surface area contributed by atoms with Gasteiger partial charge in [0.15, 0.2) is 0 Å². The first-order chi connectivity index (χ1) is 8.86. The molecule has 0 bridgehead atoms. The topological polar surface area (TPSA) is 58.2 Å². The lowest BCUT2D eigenvalue weighted by molar-refractivity contribution is 0.166. The third-order valence-electron chi connectivity index (χ3n) is 3.81. The van der Waals surface area contributed by atoms with Crippen LogP contribution < -0.4 is 10.0 Å². The van der Waals surface area contributed by atoms with Gasteiger partial charge >= 0.3 is 0 Å². The minimum atomic E-state index is -3.37. The van der Waals surface area contributed by atoms with Crippen molar-refractivity contribution in [2.24, 2.45) is 5.41 Å². The van der Waals surface area contributed by atoms with Gasteiger partial charge in [0.1, 0.15) is 0 Å². The monoisotopic (exact) mass is 302 g/mol. The van der Waals surface area contributed by atoms with Gasteiger partial charge < -0.3 is 5.32 Å². The summed E-state index contributed by atoms with van der Waals surface area (Å²) in [4.78, 5) is 2.34. The Morgan fingerprint density at radius 3 is 2.63 bits per heavy atom. The first kappa shape index (κ1) is 15.0. The number of rotatable bonds is 6. The summed E-state index contributed by atoms with van der Waals surface area (Å²) in [6, 6.07) is 1.78. The van der Waals surface area contributed by atoms with Crippen LogP contribution in [0.2, 0.25) is 0 Å². The SMILES string of the molecule is CNCc1cc(S(=O)(=O)NCC2(C)CCC2)c(C)s1. The van der Waals surface area contributed by atoms with Crippen LogP contribution in [0.25, 0.3) is 0 Å². The van der Waals surface area contributed by atoms with Gasteiger partial charge in [0.25, 0.3) is 0 Å². The molecule has 1 aliphatic carbocycles. The van der Waals surface area contributed by atoms with Crippen molar-refractivity contribution >= 4 is 21.4 Å². The van der Waals surface area contributed by atoms with Gasteiger partial charge in [-0.05, 0) is 38.3 Å². The van der Waals surface area contributed by atoms with Crippen molar-refractivity contribution in [3.63, 3.8) is 0 Å². The molecule has 1 fully saturated rings. The molecular formula is C13H22N2O2S2. The fraction of sp³-hybridized carbons (Fsp3) is 0.692. The molecule has 0 amide bonds. The summed E-state index contributed by atoms with van der Waals surface area (Å²) >= 11 is 1.54. The minimum Gasteiger partial charge on any atom is -0.315 e. The summed E-state index contributed by atoms with van der Waals surface area (Å²) < 4.78 is 27.4. The predicted octanol–water partition coefficient (Wildman–Crippen LogP) is 2.24. The molecule has 1 heterocycles. The zero-order valence-corrected chi connectivity index (χ0v) is 13.4. The van der Waals surface area contributed by atoms with Gasteiger partial charge in [-0.1, -0.05) is 13.3 Å². The maximum Gasteiger partial charge on any atom is 0.241 e. The Bertz CT molecular complexity index is 545. The number of thiophene rings is 1. The molecular weight excluding hydrogens is 280 g/mol. The molecule has 6 heteroatoms. The van der Waals surface area contributed by atoms with Crippen molar-refractivity contribution in [1.29, 1.82) is 0 Å². The molecule has 108 valence electrons. The van der Waals surface area contributed by atoms with Crippen LogP contribution in [0.5, 0.6) is 0 Å². The summed E-state index contributed by atoms with van der Waals surface area (Å²) in [7, 11) is -1.51. The average Bonchev–Trinajstić information content (AvgIpc) is 2.67. The average molecular weight is 302 g/mol. The minimum absolute atomic E-state index is 0.158. The highest BCUT2D eigenvalue weighted by Gasteiger charge is 2.33. The summed E-state index contributed by atoms with van der Waals surface area (Å²) in [5.41, 5.74) is 0.158. The van der Waals surface area contributed by atoms with E-state index in [2.05, 4.69) is 17.0 Å². The van der Waals surface area contributed by atoms with Crippen molar-refractivity contribution in [3.05, 3.63) is 15.8 Å². The molecule has 19 heavy (non-hydrogen) atoms. The van der Waals surface area contributed by atoms with Crippen LogP contribution in [-0.4, -0.2) is 22.0 Å². The molecule has 1 aromatic heterocycles. The molecule has 0 spiro atoms. The lowest BCUT2D eigenvalue weighted by Gasteiger charge is -2.38. The Morgan fingerprint density at radius 1 is 1.42 bits per heavy atom. The Hall–Kier alpha value is -0.430. The van der Waals surface area contributed by atoms with Crippen molar-refractivity contribution < 1.29 is 8.42 Å². The summed E-state index contributed by atoms with van der Waals surface area (Å²) in [5, 5.41) is 3.05. The van der Waals surface area contributed by atoms with E-state index in [0.29, 0.717) is 18.0 Å². The van der Waals surface area contributed by atoms with Crippen LogP contribution >= 0.6 is 11.3 Å². The molecule has 0 radical (unpaired) electrons. The molecule has 1 saturated carbocycles. The summed E-state index contributed by atoms with van der Waals surface area (Å²) in [5.74, 6) is 0. The highest BCUT2D eigenvalue weighted by Crippen LogP contribution is 2.39. The normalized spacial score (nSPS) is 18.3. The molecule has 0 aliphatic heterocycles. The van der Waals surface area contributed by atoms with Gasteiger partial charge in [-0.2, -0.15) is 0 Å². The number of aryl methyl sites for hydroxylation is 1. The number of hydrogen-bond donors (Lipinski definition) is 2. The zero-order chi connectivity index (χ0) is 14.1. The lowest BCUT2D eigenvalue weighted by Crippen LogP contribution is -2.39. The lowest BCUT2D eigenvalue weighted by atomic mass is 9.71. The van der Waals surface area contributed by atoms with Crippen LogP contribution in [0.1, 0.15) is 35.9 Å². The first-order valence-electron chi connectivity index (χ1n) is 6.60. The molecule has 0 atom stereocenters. The maximum atomic E-state index is 12.3. The molecule has 0 unspecified atom stereocenters. The van der Waals surface area contributed by atoms with Crippen LogP contribution in [0.15, 0.2) is 11.0 Å². The molecule has 0 saturated heterocycles. The van der Waals surface area contributed by atoms with E-state index in [9.17, 15) is 8.42 Å². The number of nitrogens with one attached hydrogen (secondary N) is 2. The van der Waals surface area contributed by atoms with E-state index in [1.54, 1.807) is 6.07 Å². The van der Waals surface area contributed by atoms with Crippen LogP contribution in [0, 0.1) is 12.3 Å². The molecule has 2 N–H and O–H groups in total. The van der Waals surface area contributed by atoms with E-state index in [1.807, 2.05) is 14.0 Å². The largest absolute Gasteiger partial charge is 0.315 e. The third-order valence-corrected chi connectivity index (χ3v) is 6.52. The molecule has 4 nitrogen and oxygen atoms in total. The van der Waals surface area contributed by atoms with E-state index in [1.165, 1.54) is 17.8 Å². The molecule has 2 rings (SSSR count). The zero-order valence-electron chi connectivity index (χ0n) is 11.7.